The average Bonchev–Trinajstić information content (AvgIpc) is 2.36. The zero-order chi connectivity index (χ0) is 16.3. The molecule has 0 saturated heterocycles. The van der Waals surface area contributed by atoms with Crippen LogP contribution >= 0.6 is 0 Å². The Hall–Kier alpha value is -1.84. The highest BCUT2D eigenvalue weighted by atomic mass is 16.4. The fourth-order valence-electron chi connectivity index (χ4n) is 2.93. The molecule has 120 valence electrons. The third-order valence-corrected chi connectivity index (χ3v) is 4.41. The molecule has 1 aliphatic rings. The van der Waals surface area contributed by atoms with Crippen molar-refractivity contribution in [2.45, 2.75) is 46.1 Å². The van der Waals surface area contributed by atoms with Crippen molar-refractivity contribution in [1.82, 2.24) is 5.32 Å². The Morgan fingerprint density at radius 3 is 2.18 bits per heavy atom. The van der Waals surface area contributed by atoms with Crippen LogP contribution in [-0.2, 0) is 16.0 Å². The van der Waals surface area contributed by atoms with Gasteiger partial charge >= 0.3 is 5.97 Å². The van der Waals surface area contributed by atoms with E-state index in [0.717, 1.165) is 12.0 Å². The summed E-state index contributed by atoms with van der Waals surface area (Å²) in [5.74, 6) is -1.27. The second-order valence-corrected chi connectivity index (χ2v) is 6.70. The van der Waals surface area contributed by atoms with Gasteiger partial charge in [0.1, 0.15) is 0 Å². The summed E-state index contributed by atoms with van der Waals surface area (Å²) >= 11 is 0. The van der Waals surface area contributed by atoms with Gasteiger partial charge in [0.2, 0.25) is 5.91 Å². The van der Waals surface area contributed by atoms with Crippen molar-refractivity contribution in [3.63, 3.8) is 0 Å². The number of carbonyl (C=O) groups is 2. The first-order chi connectivity index (χ1) is 10.4. The fourth-order valence-corrected chi connectivity index (χ4v) is 2.93. The van der Waals surface area contributed by atoms with Crippen LogP contribution in [0.15, 0.2) is 24.3 Å². The number of carbonyl (C=O) groups excluding carboxylic acids is 1. The maximum atomic E-state index is 12.2. The van der Waals surface area contributed by atoms with E-state index in [1.54, 1.807) is 0 Å². The summed E-state index contributed by atoms with van der Waals surface area (Å²) in [5, 5.41) is 12.0. The van der Waals surface area contributed by atoms with Crippen LogP contribution in [0.1, 0.15) is 50.8 Å². The minimum atomic E-state index is -0.864. The molecule has 1 aromatic carbocycles. The Morgan fingerprint density at radius 2 is 1.73 bits per heavy atom. The number of benzene rings is 1. The first-order valence-electron chi connectivity index (χ1n) is 8.00. The van der Waals surface area contributed by atoms with E-state index >= 15 is 0 Å². The summed E-state index contributed by atoms with van der Waals surface area (Å²) in [6.07, 6.45) is 2.32. The number of carboxylic acid groups (broad SMARTS) is 1. The lowest BCUT2D eigenvalue weighted by molar-refractivity contribution is -0.152. The number of amides is 1. The van der Waals surface area contributed by atoms with Gasteiger partial charge in [-0.25, -0.2) is 0 Å². The second-order valence-electron chi connectivity index (χ2n) is 6.70. The van der Waals surface area contributed by atoms with Gasteiger partial charge in [0.25, 0.3) is 0 Å². The van der Waals surface area contributed by atoms with Crippen LogP contribution in [0.25, 0.3) is 0 Å². The van der Waals surface area contributed by atoms with E-state index in [1.807, 2.05) is 19.1 Å². The molecule has 1 saturated carbocycles. The fraction of sp³-hybridized carbons (Fsp3) is 0.556. The Labute approximate surface area is 131 Å². The highest BCUT2D eigenvalue weighted by Gasteiger charge is 2.41. The molecule has 0 heterocycles. The SMILES string of the molecule is CC(C)Cc1ccc(C(C)NC(=O)C2CCC2C(=O)O)cc1. The van der Waals surface area contributed by atoms with E-state index in [1.165, 1.54) is 5.56 Å². The van der Waals surface area contributed by atoms with E-state index in [2.05, 4.69) is 31.3 Å². The van der Waals surface area contributed by atoms with Crippen LogP contribution in [0.4, 0.5) is 0 Å². The van der Waals surface area contributed by atoms with E-state index < -0.39 is 11.9 Å². The number of hydrogen-bond donors (Lipinski definition) is 2. The topological polar surface area (TPSA) is 66.4 Å². The van der Waals surface area contributed by atoms with Gasteiger partial charge in [0, 0.05) is 0 Å². The van der Waals surface area contributed by atoms with E-state index in [-0.39, 0.29) is 17.9 Å². The quantitative estimate of drug-likeness (QED) is 0.848. The van der Waals surface area contributed by atoms with Gasteiger partial charge in [0.15, 0.2) is 0 Å². The van der Waals surface area contributed by atoms with Crippen molar-refractivity contribution in [2.75, 3.05) is 0 Å². The summed E-state index contributed by atoms with van der Waals surface area (Å²) < 4.78 is 0. The third kappa shape index (κ3) is 3.87. The van der Waals surface area contributed by atoms with E-state index in [4.69, 9.17) is 5.11 Å². The maximum absolute atomic E-state index is 12.2. The maximum Gasteiger partial charge on any atom is 0.307 e. The summed E-state index contributed by atoms with van der Waals surface area (Å²) in [4.78, 5) is 23.2. The largest absolute Gasteiger partial charge is 0.481 e. The summed E-state index contributed by atoms with van der Waals surface area (Å²) in [5.41, 5.74) is 2.34. The number of rotatable bonds is 6. The van der Waals surface area contributed by atoms with Gasteiger partial charge in [-0.3, -0.25) is 9.59 Å². The summed E-state index contributed by atoms with van der Waals surface area (Å²) in [6.45, 7) is 6.31. The van der Waals surface area contributed by atoms with Crippen molar-refractivity contribution in [3.8, 4) is 0 Å². The van der Waals surface area contributed by atoms with Gasteiger partial charge in [-0.05, 0) is 43.2 Å². The van der Waals surface area contributed by atoms with Crippen LogP contribution in [-0.4, -0.2) is 17.0 Å². The highest BCUT2D eigenvalue weighted by Crippen LogP contribution is 2.35. The molecule has 3 unspecified atom stereocenters. The molecule has 4 nitrogen and oxygen atoms in total. The average molecular weight is 303 g/mol. The minimum Gasteiger partial charge on any atom is -0.481 e. The molecular weight excluding hydrogens is 278 g/mol. The molecule has 1 aliphatic carbocycles. The first kappa shape index (κ1) is 16.5. The van der Waals surface area contributed by atoms with E-state index in [0.29, 0.717) is 18.8 Å². The molecule has 0 spiro atoms. The molecule has 0 aromatic heterocycles. The van der Waals surface area contributed by atoms with Gasteiger partial charge in [-0.2, -0.15) is 0 Å². The second kappa shape index (κ2) is 6.95. The predicted octanol–water partition coefficient (Wildman–Crippen LogP) is 3.17. The Kier molecular flexibility index (Phi) is 5.22. The molecule has 4 heteroatoms. The number of hydrogen-bond acceptors (Lipinski definition) is 2. The standard InChI is InChI=1S/C18H25NO3/c1-11(2)10-13-4-6-14(7-5-13)12(3)19-17(20)15-8-9-16(15)18(21)22/h4-7,11-12,15-16H,8-10H2,1-3H3,(H,19,20)(H,21,22). The number of nitrogens with one attached hydrogen (secondary N) is 1. The highest BCUT2D eigenvalue weighted by molar-refractivity contribution is 5.86. The Bertz CT molecular complexity index is 536. The molecule has 1 amide bonds. The van der Waals surface area contributed by atoms with E-state index in [9.17, 15) is 9.59 Å². The predicted molar refractivity (Wildman–Crippen MR) is 85.4 cm³/mol. The Morgan fingerprint density at radius 1 is 1.14 bits per heavy atom. The zero-order valence-electron chi connectivity index (χ0n) is 13.5. The summed E-state index contributed by atoms with van der Waals surface area (Å²) in [6, 6.07) is 8.18. The van der Waals surface area contributed by atoms with Crippen LogP contribution in [0, 0.1) is 17.8 Å². The van der Waals surface area contributed by atoms with Crippen LogP contribution in [0.3, 0.4) is 0 Å². The normalized spacial score (nSPS) is 22.0. The number of aliphatic carboxylic acids is 1. The van der Waals surface area contributed by atoms with Crippen molar-refractivity contribution in [2.24, 2.45) is 17.8 Å². The molecule has 0 radical (unpaired) electrons. The molecule has 0 aliphatic heterocycles. The monoisotopic (exact) mass is 303 g/mol. The Balaban J connectivity index is 1.93. The zero-order valence-corrected chi connectivity index (χ0v) is 13.5. The van der Waals surface area contributed by atoms with Crippen molar-refractivity contribution >= 4 is 11.9 Å². The van der Waals surface area contributed by atoms with Gasteiger partial charge in [0.05, 0.1) is 17.9 Å². The van der Waals surface area contributed by atoms with Crippen LogP contribution in [0.2, 0.25) is 0 Å². The van der Waals surface area contributed by atoms with Crippen LogP contribution < -0.4 is 5.32 Å². The lowest BCUT2D eigenvalue weighted by Gasteiger charge is -2.33. The molecular formula is C18H25NO3. The molecule has 2 rings (SSSR count). The molecule has 22 heavy (non-hydrogen) atoms. The van der Waals surface area contributed by atoms with Gasteiger partial charge in [-0.15, -0.1) is 0 Å². The number of carboxylic acids is 1. The molecule has 1 fully saturated rings. The molecule has 3 atom stereocenters. The van der Waals surface area contributed by atoms with Crippen molar-refractivity contribution in [1.29, 1.82) is 0 Å². The lowest BCUT2D eigenvalue weighted by Crippen LogP contribution is -2.44. The smallest absolute Gasteiger partial charge is 0.307 e. The molecule has 1 aromatic rings. The molecule has 0 bridgehead atoms. The third-order valence-electron chi connectivity index (χ3n) is 4.41. The van der Waals surface area contributed by atoms with Gasteiger partial charge in [-0.1, -0.05) is 38.1 Å². The summed E-state index contributed by atoms with van der Waals surface area (Å²) in [7, 11) is 0. The van der Waals surface area contributed by atoms with Crippen LogP contribution in [0.5, 0.6) is 0 Å². The first-order valence-corrected chi connectivity index (χ1v) is 8.00. The lowest BCUT2D eigenvalue weighted by atomic mass is 9.73. The van der Waals surface area contributed by atoms with Crippen molar-refractivity contribution < 1.29 is 14.7 Å². The van der Waals surface area contributed by atoms with Crippen molar-refractivity contribution in [3.05, 3.63) is 35.4 Å². The molecule has 2 N–H and O–H groups in total. The minimum absolute atomic E-state index is 0.101. The van der Waals surface area contributed by atoms with Gasteiger partial charge < -0.3 is 10.4 Å².